The quantitative estimate of drug-likeness (QED) is 0.0540. The van der Waals surface area contributed by atoms with E-state index >= 15 is 0 Å². The molecule has 3 aliphatic rings. The van der Waals surface area contributed by atoms with Crippen LogP contribution in [0.5, 0.6) is 5.75 Å². The van der Waals surface area contributed by atoms with E-state index in [1.165, 1.54) is 6.26 Å². The van der Waals surface area contributed by atoms with Gasteiger partial charge in [0.25, 0.3) is 34.4 Å². The molecule has 3 amide bonds. The smallest absolute Gasteiger partial charge is 0.345 e. The van der Waals surface area contributed by atoms with Gasteiger partial charge >= 0.3 is 17.9 Å². The average molecular weight is 1640 g/mol. The van der Waals surface area contributed by atoms with Crippen LogP contribution >= 0.6 is 34.8 Å². The minimum absolute atomic E-state index is 0.0140. The zero-order valence-corrected chi connectivity index (χ0v) is 68.0. The molecule has 4 aromatic heterocycles. The number of anilines is 3. The summed E-state index contributed by atoms with van der Waals surface area (Å²) in [6.45, 7) is 15.7. The summed E-state index contributed by atoms with van der Waals surface area (Å²) < 4.78 is 31.5. The molecule has 15 rings (SSSR count). The Labute approximate surface area is 690 Å². The zero-order chi connectivity index (χ0) is 82.6. The second-order valence-corrected chi connectivity index (χ2v) is 29.6. The minimum atomic E-state index is -0.680. The van der Waals surface area contributed by atoms with E-state index in [-0.39, 0.29) is 72.1 Å². The van der Waals surface area contributed by atoms with Crippen LogP contribution in [-0.4, -0.2) is 169 Å². The van der Waals surface area contributed by atoms with Gasteiger partial charge < -0.3 is 66.5 Å². The summed E-state index contributed by atoms with van der Waals surface area (Å²) in [7, 11) is 1.59. The third-order valence-electron chi connectivity index (χ3n) is 20.9. The molecule has 7 heterocycles. The van der Waals surface area contributed by atoms with Crippen LogP contribution in [0.1, 0.15) is 111 Å². The van der Waals surface area contributed by atoms with Crippen LogP contribution in [0.25, 0.3) is 32.7 Å². The Morgan fingerprint density at radius 1 is 0.376 bits per heavy atom. The van der Waals surface area contributed by atoms with Crippen molar-refractivity contribution in [3.05, 3.63) is 314 Å². The second kappa shape index (κ2) is 37.4. The van der Waals surface area contributed by atoms with Crippen molar-refractivity contribution in [3.8, 4) is 5.75 Å². The molecule has 0 radical (unpaired) electrons. The van der Waals surface area contributed by atoms with Gasteiger partial charge in [0.05, 0.1) is 96.5 Å². The van der Waals surface area contributed by atoms with E-state index in [0.717, 1.165) is 49.6 Å². The number of hydrogen-bond donors (Lipinski definition) is 0. The Morgan fingerprint density at radius 2 is 0.735 bits per heavy atom. The summed E-state index contributed by atoms with van der Waals surface area (Å²) in [5.74, 6) is -1.40. The highest BCUT2D eigenvalue weighted by Crippen LogP contribution is 2.37. The van der Waals surface area contributed by atoms with Crippen LogP contribution < -0.4 is 36.1 Å². The van der Waals surface area contributed by atoms with Crippen molar-refractivity contribution in [1.82, 2.24) is 28.4 Å². The van der Waals surface area contributed by atoms with Gasteiger partial charge in [0.15, 0.2) is 5.76 Å². The summed E-state index contributed by atoms with van der Waals surface area (Å²) in [4.78, 5) is 132. The van der Waals surface area contributed by atoms with E-state index in [9.17, 15) is 43.2 Å². The minimum Gasteiger partial charge on any atom is -0.497 e. The first kappa shape index (κ1) is 82.5. The molecule has 3 saturated heterocycles. The van der Waals surface area contributed by atoms with Crippen LogP contribution in [0, 0.1) is 13.8 Å². The number of hydrogen-bond acceptors (Lipinski definition) is 17. The number of aromatic nitrogens is 3. The number of pyridine rings is 3. The maximum Gasteiger partial charge on any atom is 0.345 e. The maximum absolute atomic E-state index is 14.0. The summed E-state index contributed by atoms with van der Waals surface area (Å²) in [5, 5.41) is 3.48. The molecule has 0 bridgehead atoms. The zero-order valence-electron chi connectivity index (χ0n) is 65.7. The molecule has 0 unspecified atom stereocenters. The summed E-state index contributed by atoms with van der Waals surface area (Å²) >= 11 is 18.6. The molecule has 117 heavy (non-hydrogen) atoms. The standard InChI is InChI=1S/C32H33N3O5.C31H29Cl2N3O4.C28H26ClN3O5/c1-4-40-32(38)28-29(33-16-18-34(19-17-33)30(36)24-11-13-25(39-3)14-12-24)26-20-22(2)10-15-27(26)35(31(28)37)21-23-8-6-5-7-9-23;1-3-40-31(39)27-28(34-13-15-35(16-14-34)29(37)22-10-11-24(32)25(33)18-22)23-17-20(2)9-12-26(23)36(30(27)38)19-21-7-5-4-6-8-21;1-2-36-28(35)24-25(30-12-14-31(15-13-30)26(33)23-9-6-16-37-23)21-17-20(29)10-11-22(21)32(27(24)34)18-19-7-4-3-5-8-19/h5-15,20H,4,16-19,21H2,1-3H3;4-12,17-18H,3,13-16,19H2,1-2H3;3-11,16-17H,2,12-15,18H2,1H3. The van der Waals surface area contributed by atoms with Crippen molar-refractivity contribution in [2.24, 2.45) is 0 Å². The molecule has 3 fully saturated rings. The Balaban J connectivity index is 0.000000153. The van der Waals surface area contributed by atoms with Crippen LogP contribution in [-0.2, 0) is 33.8 Å². The lowest BCUT2D eigenvalue weighted by Crippen LogP contribution is -2.49. The van der Waals surface area contributed by atoms with Gasteiger partial charge in [-0.1, -0.05) is 149 Å². The molecule has 0 atom stereocenters. The predicted octanol–water partition coefficient (Wildman–Crippen LogP) is 14.7. The number of esters is 3. The summed E-state index contributed by atoms with van der Waals surface area (Å²) in [6.07, 6.45) is 1.47. The highest BCUT2D eigenvalue weighted by atomic mass is 35.5. The molecule has 3 aliphatic heterocycles. The van der Waals surface area contributed by atoms with E-state index < -0.39 is 29.0 Å². The largest absolute Gasteiger partial charge is 0.497 e. The highest BCUT2D eigenvalue weighted by Gasteiger charge is 2.35. The third-order valence-corrected chi connectivity index (χ3v) is 21.8. The highest BCUT2D eigenvalue weighted by molar-refractivity contribution is 6.42. The molecule has 0 N–H and O–H groups in total. The van der Waals surface area contributed by atoms with Crippen molar-refractivity contribution in [2.75, 3.05) is 120 Å². The van der Waals surface area contributed by atoms with Gasteiger partial charge in [-0.2, -0.15) is 0 Å². The van der Waals surface area contributed by atoms with Gasteiger partial charge in [0, 0.05) is 111 Å². The van der Waals surface area contributed by atoms with Crippen molar-refractivity contribution in [2.45, 2.75) is 54.3 Å². The topological polar surface area (TPSA) is 238 Å². The lowest BCUT2D eigenvalue weighted by Gasteiger charge is -2.37. The van der Waals surface area contributed by atoms with Crippen LogP contribution in [0.2, 0.25) is 15.1 Å². The van der Waals surface area contributed by atoms with Gasteiger partial charge in [0.2, 0.25) is 0 Å². The Kier molecular flexibility index (Phi) is 26.4. The van der Waals surface area contributed by atoms with Gasteiger partial charge in [-0.3, -0.25) is 28.8 Å². The fraction of sp³-hybridized carbons (Fsp3) is 0.264. The number of methoxy groups -OCH3 is 1. The number of rotatable bonds is 19. The number of aryl methyl sites for hydroxylation is 2. The van der Waals surface area contributed by atoms with Crippen molar-refractivity contribution >= 4 is 120 Å². The monoisotopic (exact) mass is 1640 g/mol. The Bertz CT molecular complexity index is 5860. The number of piperazine rings is 3. The third kappa shape index (κ3) is 18.3. The molecule has 0 spiro atoms. The molecule has 12 aromatic rings. The average Bonchev–Trinajstić information content (AvgIpc) is 0.997. The SMILES string of the molecule is CCOC(=O)c1c(N2CCN(C(=O)c3ccc(Cl)c(Cl)c3)CC2)c2cc(C)ccc2n(Cc2ccccc2)c1=O.CCOC(=O)c1c(N2CCN(C(=O)c3ccc(OC)cc3)CC2)c2cc(C)ccc2n(Cc2ccccc2)c1=O.CCOC(=O)c1c(N2CCN(C(=O)c3ccco3)CC2)c2cc(Cl)ccc2n(Cc2ccccc2)c1=O. The molecule has 0 saturated carbocycles. The number of carbonyl (C=O) groups is 6. The second-order valence-electron chi connectivity index (χ2n) is 28.3. The maximum atomic E-state index is 14.0. The number of fused-ring (bicyclic) bond motifs is 3. The normalized spacial score (nSPS) is 13.5. The lowest BCUT2D eigenvalue weighted by molar-refractivity contribution is 0.0514. The van der Waals surface area contributed by atoms with Gasteiger partial charge in [-0.25, -0.2) is 14.4 Å². The number of amides is 3. The molecular weight excluding hydrogens is 1550 g/mol. The van der Waals surface area contributed by atoms with E-state index in [0.29, 0.717) is 152 Å². The molecule has 26 heteroatoms. The van der Waals surface area contributed by atoms with Crippen molar-refractivity contribution in [3.63, 3.8) is 0 Å². The number of halogens is 3. The molecule has 23 nitrogen and oxygen atoms in total. The van der Waals surface area contributed by atoms with Crippen molar-refractivity contribution < 1.29 is 52.1 Å². The number of benzene rings is 8. The fourth-order valence-corrected chi connectivity index (χ4v) is 15.6. The van der Waals surface area contributed by atoms with Crippen LogP contribution in [0.4, 0.5) is 17.1 Å². The Hall–Kier alpha value is -12.4. The van der Waals surface area contributed by atoms with Crippen molar-refractivity contribution in [1.29, 1.82) is 0 Å². The van der Waals surface area contributed by atoms with Crippen LogP contribution in [0.3, 0.4) is 0 Å². The Morgan fingerprint density at radius 3 is 1.09 bits per heavy atom. The number of furan rings is 1. The lowest BCUT2D eigenvalue weighted by atomic mass is 10.0. The molecular formula is C91H88Cl3N9O14. The van der Waals surface area contributed by atoms with Gasteiger partial charge in [-0.05, 0) is 148 Å². The first-order chi connectivity index (χ1) is 56.7. The molecule has 8 aromatic carbocycles. The van der Waals surface area contributed by atoms with Gasteiger partial charge in [-0.15, -0.1) is 0 Å². The number of carbonyl (C=O) groups excluding carboxylic acids is 6. The summed E-state index contributed by atoms with van der Waals surface area (Å²) in [5.41, 5.74) is 8.45. The predicted molar refractivity (Wildman–Crippen MR) is 456 cm³/mol. The van der Waals surface area contributed by atoms with E-state index in [1.807, 2.05) is 156 Å². The fourth-order valence-electron chi connectivity index (χ4n) is 15.1. The van der Waals surface area contributed by atoms with E-state index in [4.69, 9.17) is 58.2 Å². The van der Waals surface area contributed by atoms with E-state index in [1.54, 1.807) is 129 Å². The molecule has 0 aliphatic carbocycles. The summed E-state index contributed by atoms with van der Waals surface area (Å²) in [6, 6.07) is 61.3. The first-order valence-corrected chi connectivity index (χ1v) is 39.9. The first-order valence-electron chi connectivity index (χ1n) is 38.8. The van der Waals surface area contributed by atoms with Crippen LogP contribution in [0.15, 0.2) is 225 Å². The number of nitrogens with zero attached hydrogens (tertiary/aromatic N) is 9. The van der Waals surface area contributed by atoms with Gasteiger partial charge in [0.1, 0.15) is 22.4 Å². The molecule has 602 valence electrons. The van der Waals surface area contributed by atoms with E-state index in [2.05, 4.69) is 0 Å². The number of ether oxygens (including phenoxy) is 4.